The van der Waals surface area contributed by atoms with Gasteiger partial charge in [-0.15, -0.1) is 0 Å². The van der Waals surface area contributed by atoms with E-state index in [1.54, 1.807) is 50.3 Å². The van der Waals surface area contributed by atoms with Crippen molar-refractivity contribution in [1.82, 2.24) is 9.80 Å². The first kappa shape index (κ1) is 20.6. The van der Waals surface area contributed by atoms with Gasteiger partial charge in [0.2, 0.25) is 0 Å². The molecule has 0 spiro atoms. The summed E-state index contributed by atoms with van der Waals surface area (Å²) in [7, 11) is 5.17. The molecule has 3 amide bonds. The molecule has 1 unspecified atom stereocenters. The zero-order chi connectivity index (χ0) is 19.0. The molecule has 0 aliphatic heterocycles. The third-order valence-corrected chi connectivity index (χ3v) is 3.86. The predicted molar refractivity (Wildman–Crippen MR) is 97.6 cm³/mol. The fourth-order valence-electron chi connectivity index (χ4n) is 2.38. The molecular weight excluding hydrogens is 320 g/mol. The number of hydrogen-bond donors (Lipinski definition) is 2. The number of quaternary nitrogens is 1. The third-order valence-electron chi connectivity index (χ3n) is 3.86. The standard InChI is InChI=1S/C18H28N4O3/c1-6-22(7-2)18(25)14-9-8-10-15(11-14)19-16(23)12-21(5)13-17(24)20(3)4/h8-11H,6-7,12-13H2,1-5H3,(H,19,23)/p+1. The first-order chi connectivity index (χ1) is 11.8. The number of nitrogens with one attached hydrogen (secondary N) is 2. The van der Waals surface area contributed by atoms with Crippen LogP contribution in [-0.4, -0.2) is 74.8 Å². The summed E-state index contributed by atoms with van der Waals surface area (Å²) in [5, 5.41) is 2.79. The van der Waals surface area contributed by atoms with Crippen LogP contribution in [0.2, 0.25) is 0 Å². The van der Waals surface area contributed by atoms with Crippen LogP contribution in [0.15, 0.2) is 24.3 Å². The number of likely N-dealkylation sites (N-methyl/N-ethyl adjacent to an activating group) is 2. The minimum atomic E-state index is -0.198. The molecule has 0 radical (unpaired) electrons. The van der Waals surface area contributed by atoms with Crippen LogP contribution in [-0.2, 0) is 9.59 Å². The van der Waals surface area contributed by atoms with Crippen LogP contribution in [0.1, 0.15) is 24.2 Å². The summed E-state index contributed by atoms with van der Waals surface area (Å²) in [5.41, 5.74) is 1.12. The number of hydrogen-bond acceptors (Lipinski definition) is 3. The second kappa shape index (κ2) is 9.78. The molecule has 25 heavy (non-hydrogen) atoms. The minimum Gasteiger partial charge on any atom is -0.344 e. The lowest BCUT2D eigenvalue weighted by Gasteiger charge is -2.19. The molecule has 2 N–H and O–H groups in total. The topological polar surface area (TPSA) is 74.2 Å². The second-order valence-electron chi connectivity index (χ2n) is 6.21. The summed E-state index contributed by atoms with van der Waals surface area (Å²) in [5.74, 6) is -0.283. The monoisotopic (exact) mass is 349 g/mol. The van der Waals surface area contributed by atoms with E-state index < -0.39 is 0 Å². The molecule has 0 aromatic heterocycles. The van der Waals surface area contributed by atoms with Crippen molar-refractivity contribution >= 4 is 23.4 Å². The molecule has 7 heteroatoms. The van der Waals surface area contributed by atoms with Crippen LogP contribution in [0.4, 0.5) is 5.69 Å². The number of carbonyl (C=O) groups excluding carboxylic acids is 3. The van der Waals surface area contributed by atoms with Crippen molar-refractivity contribution < 1.29 is 19.3 Å². The number of nitrogens with zero attached hydrogens (tertiary/aromatic N) is 2. The first-order valence-corrected chi connectivity index (χ1v) is 8.49. The van der Waals surface area contributed by atoms with Gasteiger partial charge >= 0.3 is 0 Å². The van der Waals surface area contributed by atoms with Gasteiger partial charge in [0.25, 0.3) is 17.7 Å². The van der Waals surface area contributed by atoms with Crippen LogP contribution >= 0.6 is 0 Å². The quantitative estimate of drug-likeness (QED) is 0.677. The Morgan fingerprint density at radius 3 is 2.28 bits per heavy atom. The van der Waals surface area contributed by atoms with Gasteiger partial charge in [0.05, 0.1) is 7.05 Å². The molecule has 0 aliphatic carbocycles. The molecule has 1 aromatic rings. The van der Waals surface area contributed by atoms with E-state index in [-0.39, 0.29) is 30.8 Å². The molecule has 1 aromatic carbocycles. The summed E-state index contributed by atoms with van der Waals surface area (Å²) in [6.07, 6.45) is 0. The lowest BCUT2D eigenvalue weighted by molar-refractivity contribution is -0.862. The SMILES string of the molecule is CCN(CC)C(=O)c1cccc(NC(=O)C[NH+](C)CC(=O)N(C)C)c1. The van der Waals surface area contributed by atoms with Gasteiger partial charge in [0.15, 0.2) is 13.1 Å². The molecule has 138 valence electrons. The van der Waals surface area contributed by atoms with Gasteiger partial charge in [-0.2, -0.15) is 0 Å². The van der Waals surface area contributed by atoms with Crippen LogP contribution in [0.25, 0.3) is 0 Å². The van der Waals surface area contributed by atoms with Crippen LogP contribution in [0.3, 0.4) is 0 Å². The van der Waals surface area contributed by atoms with Crippen LogP contribution in [0, 0.1) is 0 Å². The Morgan fingerprint density at radius 2 is 1.72 bits per heavy atom. The van der Waals surface area contributed by atoms with Gasteiger partial charge in [-0.3, -0.25) is 14.4 Å². The molecule has 0 aliphatic rings. The first-order valence-electron chi connectivity index (χ1n) is 8.49. The average Bonchev–Trinajstić information content (AvgIpc) is 2.55. The van der Waals surface area contributed by atoms with Gasteiger partial charge in [-0.25, -0.2) is 0 Å². The molecule has 0 saturated heterocycles. The Bertz CT molecular complexity index is 612. The highest BCUT2D eigenvalue weighted by atomic mass is 16.2. The maximum atomic E-state index is 12.4. The highest BCUT2D eigenvalue weighted by molar-refractivity contribution is 5.97. The lowest BCUT2D eigenvalue weighted by atomic mass is 10.1. The minimum absolute atomic E-state index is 0.0304. The predicted octanol–water partition coefficient (Wildman–Crippen LogP) is -0.290. The third kappa shape index (κ3) is 6.54. The highest BCUT2D eigenvalue weighted by Gasteiger charge is 2.16. The van der Waals surface area contributed by atoms with E-state index in [4.69, 9.17) is 0 Å². The maximum absolute atomic E-state index is 12.4. The summed E-state index contributed by atoms with van der Waals surface area (Å²) in [6, 6.07) is 6.91. The van der Waals surface area contributed by atoms with Crippen molar-refractivity contribution in [2.75, 3.05) is 52.6 Å². The number of benzene rings is 1. The fraction of sp³-hybridized carbons (Fsp3) is 0.500. The largest absolute Gasteiger partial charge is 0.344 e. The van der Waals surface area contributed by atoms with Crippen molar-refractivity contribution in [3.05, 3.63) is 29.8 Å². The Hall–Kier alpha value is -2.41. The van der Waals surface area contributed by atoms with Gasteiger partial charge < -0.3 is 20.0 Å². The lowest BCUT2D eigenvalue weighted by Crippen LogP contribution is -3.11. The Kier molecular flexibility index (Phi) is 8.07. The van der Waals surface area contributed by atoms with E-state index in [9.17, 15) is 14.4 Å². The van der Waals surface area contributed by atoms with E-state index in [0.29, 0.717) is 24.3 Å². The van der Waals surface area contributed by atoms with E-state index in [1.807, 2.05) is 13.8 Å². The zero-order valence-corrected chi connectivity index (χ0v) is 15.8. The zero-order valence-electron chi connectivity index (χ0n) is 15.8. The van der Waals surface area contributed by atoms with Crippen molar-refractivity contribution in [2.24, 2.45) is 0 Å². The van der Waals surface area contributed by atoms with Crippen molar-refractivity contribution in [2.45, 2.75) is 13.8 Å². The van der Waals surface area contributed by atoms with E-state index in [1.165, 1.54) is 4.90 Å². The summed E-state index contributed by atoms with van der Waals surface area (Å²) in [6.45, 7) is 5.57. The number of carbonyl (C=O) groups is 3. The highest BCUT2D eigenvalue weighted by Crippen LogP contribution is 2.12. The smallest absolute Gasteiger partial charge is 0.279 e. The van der Waals surface area contributed by atoms with E-state index in [2.05, 4.69) is 5.32 Å². The molecule has 0 fully saturated rings. The van der Waals surface area contributed by atoms with Crippen LogP contribution in [0.5, 0.6) is 0 Å². The molecule has 0 heterocycles. The number of rotatable bonds is 8. The summed E-state index contributed by atoms with van der Waals surface area (Å²) in [4.78, 5) is 40.2. The van der Waals surface area contributed by atoms with Crippen molar-refractivity contribution in [1.29, 1.82) is 0 Å². The Labute approximate surface area is 149 Å². The van der Waals surface area contributed by atoms with Gasteiger partial charge in [-0.1, -0.05) is 6.07 Å². The van der Waals surface area contributed by atoms with Crippen LogP contribution < -0.4 is 10.2 Å². The summed E-state index contributed by atoms with van der Waals surface area (Å²) < 4.78 is 0. The summed E-state index contributed by atoms with van der Waals surface area (Å²) >= 11 is 0. The fourth-order valence-corrected chi connectivity index (χ4v) is 2.38. The number of amides is 3. The maximum Gasteiger partial charge on any atom is 0.279 e. The van der Waals surface area contributed by atoms with E-state index >= 15 is 0 Å². The van der Waals surface area contributed by atoms with E-state index in [0.717, 1.165) is 4.90 Å². The normalized spacial score (nSPS) is 11.6. The average molecular weight is 349 g/mol. The molecule has 0 saturated carbocycles. The molecular formula is C18H29N4O3+. The van der Waals surface area contributed by atoms with Gasteiger partial charge in [0, 0.05) is 38.4 Å². The van der Waals surface area contributed by atoms with Crippen molar-refractivity contribution in [3.8, 4) is 0 Å². The molecule has 1 rings (SSSR count). The van der Waals surface area contributed by atoms with Gasteiger partial charge in [-0.05, 0) is 32.0 Å². The Morgan fingerprint density at radius 1 is 1.08 bits per heavy atom. The second-order valence-corrected chi connectivity index (χ2v) is 6.21. The molecule has 1 atom stereocenters. The van der Waals surface area contributed by atoms with Gasteiger partial charge in [0.1, 0.15) is 0 Å². The Balaban J connectivity index is 2.68. The molecule has 7 nitrogen and oxygen atoms in total. The van der Waals surface area contributed by atoms with Crippen molar-refractivity contribution in [3.63, 3.8) is 0 Å². The molecule has 0 bridgehead atoms. The number of anilines is 1.